The van der Waals surface area contributed by atoms with Crippen LogP contribution in [0.15, 0.2) is 47.8 Å². The lowest BCUT2D eigenvalue weighted by molar-refractivity contribution is 0.415. The summed E-state index contributed by atoms with van der Waals surface area (Å²) in [7, 11) is -1.64. The van der Waals surface area contributed by atoms with E-state index in [1.807, 2.05) is 42.6 Å². The molecule has 2 aromatic carbocycles. The number of sulfonamides is 1. The predicted molar refractivity (Wildman–Crippen MR) is 114 cm³/mol. The fourth-order valence-electron chi connectivity index (χ4n) is 2.36. The molecule has 0 spiro atoms. The van der Waals surface area contributed by atoms with E-state index in [1.165, 1.54) is 11.3 Å². The van der Waals surface area contributed by atoms with Gasteiger partial charge in [0.25, 0.3) is 0 Å². The summed E-state index contributed by atoms with van der Waals surface area (Å²) in [5.74, 6) is 0.781. The molecule has 9 heteroatoms. The van der Waals surface area contributed by atoms with Gasteiger partial charge in [-0.25, -0.2) is 13.4 Å². The van der Waals surface area contributed by atoms with E-state index in [2.05, 4.69) is 15.0 Å². The van der Waals surface area contributed by atoms with Crippen molar-refractivity contribution in [2.24, 2.45) is 0 Å². The molecular formula is C18H20ClN3O3S2. The number of halogens is 1. The number of aromatic nitrogens is 1. The van der Waals surface area contributed by atoms with Gasteiger partial charge in [-0.05, 0) is 30.7 Å². The van der Waals surface area contributed by atoms with E-state index in [9.17, 15) is 8.42 Å². The lowest BCUT2D eigenvalue weighted by Crippen LogP contribution is -2.09. The average Bonchev–Trinajstić information content (AvgIpc) is 3.04. The molecule has 0 unspecified atom stereocenters. The average molecular weight is 426 g/mol. The fourth-order valence-corrected chi connectivity index (χ4v) is 3.66. The molecule has 0 aliphatic carbocycles. The zero-order valence-corrected chi connectivity index (χ0v) is 17.5. The molecule has 0 bridgehead atoms. The number of nitrogens with one attached hydrogen (secondary N) is 2. The number of ether oxygens (including phenoxy) is 1. The molecule has 0 aliphatic rings. The van der Waals surface area contributed by atoms with Gasteiger partial charge in [-0.3, -0.25) is 4.72 Å². The minimum absolute atomic E-state index is 0. The molecule has 0 amide bonds. The van der Waals surface area contributed by atoms with E-state index < -0.39 is 10.0 Å². The Morgan fingerprint density at radius 2 is 1.81 bits per heavy atom. The van der Waals surface area contributed by atoms with Crippen molar-refractivity contribution in [3.63, 3.8) is 0 Å². The Hall–Kier alpha value is -2.29. The maximum absolute atomic E-state index is 11.3. The van der Waals surface area contributed by atoms with Crippen molar-refractivity contribution in [1.29, 1.82) is 0 Å². The van der Waals surface area contributed by atoms with Gasteiger partial charge in [0.15, 0.2) is 5.13 Å². The minimum atomic E-state index is -3.28. The lowest BCUT2D eigenvalue weighted by Gasteiger charge is -2.08. The van der Waals surface area contributed by atoms with Gasteiger partial charge in [0.1, 0.15) is 5.75 Å². The molecule has 0 saturated carbocycles. The first kappa shape index (κ1) is 21.0. The molecule has 0 saturated heterocycles. The van der Waals surface area contributed by atoms with Crippen LogP contribution in [-0.4, -0.2) is 26.8 Å². The molecule has 2 N–H and O–H groups in total. The van der Waals surface area contributed by atoms with Crippen molar-refractivity contribution in [3.05, 3.63) is 53.4 Å². The Balaban J connectivity index is 0.00000261. The number of hydrogen-bond acceptors (Lipinski definition) is 6. The largest absolute Gasteiger partial charge is 0.497 e. The quantitative estimate of drug-likeness (QED) is 0.600. The number of nitrogens with zero attached hydrogens (tertiary/aromatic N) is 1. The van der Waals surface area contributed by atoms with E-state index in [1.54, 1.807) is 19.2 Å². The highest BCUT2D eigenvalue weighted by atomic mass is 35.5. The highest BCUT2D eigenvalue weighted by Gasteiger charge is 2.08. The third-order valence-electron chi connectivity index (χ3n) is 3.67. The summed E-state index contributed by atoms with van der Waals surface area (Å²) in [4.78, 5) is 4.60. The first-order chi connectivity index (χ1) is 12.3. The number of anilines is 3. The van der Waals surface area contributed by atoms with Gasteiger partial charge in [0.05, 0.1) is 19.1 Å². The molecule has 0 atom stereocenters. The summed E-state index contributed by atoms with van der Waals surface area (Å²) >= 11 is 1.50. The monoisotopic (exact) mass is 425 g/mol. The fraction of sp³-hybridized carbons (Fsp3) is 0.167. The standard InChI is InChI=1S/C18H19N3O3S2.ClH/c1-12-4-9-15(24-2)10-16(12)19-18-20-17(11-25-18)13-5-7-14(8-6-13)21-26(3,22)23;/h4-11,21H,1-3H3,(H,19,20);1H. The molecule has 0 fully saturated rings. The second-order valence-corrected chi connectivity index (χ2v) is 8.40. The van der Waals surface area contributed by atoms with Crippen LogP contribution in [0, 0.1) is 6.92 Å². The number of aryl methyl sites for hydroxylation is 1. The van der Waals surface area contributed by atoms with Crippen molar-refractivity contribution in [2.75, 3.05) is 23.4 Å². The smallest absolute Gasteiger partial charge is 0.229 e. The Labute approximate surface area is 169 Å². The van der Waals surface area contributed by atoms with Gasteiger partial charge >= 0.3 is 0 Å². The summed E-state index contributed by atoms with van der Waals surface area (Å²) in [6.45, 7) is 2.02. The highest BCUT2D eigenvalue weighted by Crippen LogP contribution is 2.30. The Morgan fingerprint density at radius 1 is 1.11 bits per heavy atom. The number of rotatable bonds is 6. The summed E-state index contributed by atoms with van der Waals surface area (Å²) in [6, 6.07) is 12.9. The van der Waals surface area contributed by atoms with Crippen molar-refractivity contribution >= 4 is 50.3 Å². The van der Waals surface area contributed by atoms with Crippen LogP contribution in [0.3, 0.4) is 0 Å². The Morgan fingerprint density at radius 3 is 2.44 bits per heavy atom. The number of methoxy groups -OCH3 is 1. The van der Waals surface area contributed by atoms with Gasteiger partial charge in [0.2, 0.25) is 10.0 Å². The van der Waals surface area contributed by atoms with E-state index in [0.29, 0.717) is 5.69 Å². The number of benzene rings is 2. The molecule has 27 heavy (non-hydrogen) atoms. The van der Waals surface area contributed by atoms with E-state index >= 15 is 0 Å². The number of thiazole rings is 1. The third kappa shape index (κ3) is 5.59. The normalized spacial score (nSPS) is 10.8. The van der Waals surface area contributed by atoms with Gasteiger partial charge in [0, 0.05) is 28.4 Å². The van der Waals surface area contributed by atoms with Crippen molar-refractivity contribution < 1.29 is 13.2 Å². The molecule has 0 aliphatic heterocycles. The van der Waals surface area contributed by atoms with Crippen LogP contribution >= 0.6 is 23.7 Å². The summed E-state index contributed by atoms with van der Waals surface area (Å²) < 4.78 is 30.2. The molecule has 3 aromatic rings. The van der Waals surface area contributed by atoms with E-state index in [0.717, 1.165) is 39.6 Å². The predicted octanol–water partition coefficient (Wildman–Crippen LogP) is 4.66. The molecule has 1 heterocycles. The maximum Gasteiger partial charge on any atom is 0.229 e. The van der Waals surface area contributed by atoms with Crippen LogP contribution in [0.4, 0.5) is 16.5 Å². The number of hydrogen-bond donors (Lipinski definition) is 2. The minimum Gasteiger partial charge on any atom is -0.497 e. The second kappa shape index (κ2) is 8.60. The van der Waals surface area contributed by atoms with Crippen molar-refractivity contribution in [3.8, 4) is 17.0 Å². The zero-order valence-electron chi connectivity index (χ0n) is 15.0. The molecule has 3 rings (SSSR count). The van der Waals surface area contributed by atoms with Crippen molar-refractivity contribution in [1.82, 2.24) is 4.98 Å². The molecule has 144 valence electrons. The van der Waals surface area contributed by atoms with Gasteiger partial charge in [-0.15, -0.1) is 23.7 Å². The van der Waals surface area contributed by atoms with Crippen LogP contribution in [0.2, 0.25) is 0 Å². The van der Waals surface area contributed by atoms with Crippen LogP contribution < -0.4 is 14.8 Å². The summed E-state index contributed by atoms with van der Waals surface area (Å²) in [6.07, 6.45) is 1.12. The topological polar surface area (TPSA) is 80.3 Å². The third-order valence-corrected chi connectivity index (χ3v) is 5.04. The highest BCUT2D eigenvalue weighted by molar-refractivity contribution is 7.92. The van der Waals surface area contributed by atoms with Gasteiger partial charge < -0.3 is 10.1 Å². The lowest BCUT2D eigenvalue weighted by atomic mass is 10.1. The second-order valence-electron chi connectivity index (χ2n) is 5.80. The van der Waals surface area contributed by atoms with Gasteiger partial charge in [-0.2, -0.15) is 0 Å². The zero-order chi connectivity index (χ0) is 18.7. The van der Waals surface area contributed by atoms with E-state index in [-0.39, 0.29) is 12.4 Å². The first-order valence-corrected chi connectivity index (χ1v) is 10.6. The molecular weight excluding hydrogens is 406 g/mol. The Bertz CT molecular complexity index is 1020. The molecule has 1 aromatic heterocycles. The Kier molecular flexibility index (Phi) is 6.69. The molecule has 0 radical (unpaired) electrons. The van der Waals surface area contributed by atoms with E-state index in [4.69, 9.17) is 4.74 Å². The van der Waals surface area contributed by atoms with Crippen molar-refractivity contribution in [2.45, 2.75) is 6.92 Å². The van der Waals surface area contributed by atoms with Crippen LogP contribution in [0.1, 0.15) is 5.56 Å². The van der Waals surface area contributed by atoms with Crippen LogP contribution in [0.25, 0.3) is 11.3 Å². The van der Waals surface area contributed by atoms with Crippen LogP contribution in [-0.2, 0) is 10.0 Å². The summed E-state index contributed by atoms with van der Waals surface area (Å²) in [5, 5.41) is 6.04. The van der Waals surface area contributed by atoms with Crippen LogP contribution in [0.5, 0.6) is 5.75 Å². The summed E-state index contributed by atoms with van der Waals surface area (Å²) in [5.41, 5.74) is 4.30. The SMILES string of the molecule is COc1ccc(C)c(Nc2nc(-c3ccc(NS(C)(=O)=O)cc3)cs2)c1.Cl. The maximum atomic E-state index is 11.3. The molecule has 6 nitrogen and oxygen atoms in total. The van der Waals surface area contributed by atoms with Gasteiger partial charge in [-0.1, -0.05) is 18.2 Å². The first-order valence-electron chi connectivity index (χ1n) is 7.79.